The number of imidazole rings is 1. The van der Waals surface area contributed by atoms with Crippen LogP contribution in [0.4, 0.5) is 0 Å². The van der Waals surface area contributed by atoms with Crippen LogP contribution >= 0.6 is 0 Å². The molecule has 0 unspecified atom stereocenters. The van der Waals surface area contributed by atoms with Crippen molar-refractivity contribution in [2.24, 2.45) is 5.41 Å². The zero-order valence-electron chi connectivity index (χ0n) is 27.4. The van der Waals surface area contributed by atoms with Gasteiger partial charge in [0.2, 0.25) is 0 Å². The summed E-state index contributed by atoms with van der Waals surface area (Å²) in [5, 5.41) is 0. The van der Waals surface area contributed by atoms with E-state index in [0.717, 1.165) is 0 Å². The number of halogens is 2. The summed E-state index contributed by atoms with van der Waals surface area (Å²) in [5.41, 5.74) is 16.3. The maximum absolute atomic E-state index is 2.64. The monoisotopic (exact) mass is 701 g/mol. The Morgan fingerprint density at radius 1 is 0.605 bits per heavy atom. The van der Waals surface area contributed by atoms with E-state index in [1.165, 1.54) is 71.1 Å². The summed E-state index contributed by atoms with van der Waals surface area (Å²) in [6.45, 7) is 25.4. The number of rotatable bonds is 4. The van der Waals surface area contributed by atoms with Gasteiger partial charge in [-0.2, -0.15) is 0 Å². The molecule has 0 bridgehead atoms. The van der Waals surface area contributed by atoms with E-state index in [-0.39, 0.29) is 30.2 Å². The minimum atomic E-state index is -2.03. The second-order valence-corrected chi connectivity index (χ2v) is 16.0. The normalized spacial score (nSPS) is 14.6. The molecule has 0 amide bonds. The molecule has 5 heteroatoms. The van der Waals surface area contributed by atoms with Crippen molar-refractivity contribution < 1.29 is 39.9 Å². The van der Waals surface area contributed by atoms with Crippen LogP contribution < -0.4 is 24.8 Å². The molecule has 43 heavy (non-hydrogen) atoms. The van der Waals surface area contributed by atoms with E-state index in [2.05, 4.69) is 157 Å². The Morgan fingerprint density at radius 2 is 1.02 bits per heavy atom. The summed E-state index contributed by atoms with van der Waals surface area (Å²) < 4.78 is 10.8. The van der Waals surface area contributed by atoms with Gasteiger partial charge in [0, 0.05) is 0 Å². The Morgan fingerprint density at radius 3 is 1.40 bits per heavy atom. The molecule has 5 rings (SSSR count). The van der Waals surface area contributed by atoms with E-state index >= 15 is 0 Å². The molecule has 229 valence electrons. The molecule has 0 saturated heterocycles. The third-order valence-corrected chi connectivity index (χ3v) is 14.2. The summed E-state index contributed by atoms with van der Waals surface area (Å²) >= 11 is -2.03. The Hall–Kier alpha value is -2.58. The van der Waals surface area contributed by atoms with Gasteiger partial charge in [-0.3, -0.25) is 0 Å². The van der Waals surface area contributed by atoms with Crippen molar-refractivity contribution in [2.75, 3.05) is 0 Å². The fourth-order valence-electron chi connectivity index (χ4n) is 6.72. The number of nitrogens with zero attached hydrogens (tertiary/aromatic N) is 2. The number of hydrogen-bond acceptors (Lipinski definition) is 0. The predicted octanol–water partition coefficient (Wildman–Crippen LogP) is 3.78. The van der Waals surface area contributed by atoms with Crippen molar-refractivity contribution in [3.05, 3.63) is 131 Å². The van der Waals surface area contributed by atoms with Crippen molar-refractivity contribution >= 4 is 4.61 Å². The average Bonchev–Trinajstić information content (AvgIpc) is 3.35. The van der Waals surface area contributed by atoms with Gasteiger partial charge in [-0.15, -0.1) is 0 Å². The van der Waals surface area contributed by atoms with Gasteiger partial charge in [0.25, 0.3) is 0 Å². The standard InChI is InChI=1S/C21H24N2.C10H15.C7H6.2ClH.Ru/c1-14-9-16(3)20(17(4)10-14)22-7-8-23(13-22)21-18(5)11-15(2)12-19(21)6;1-7-6-10(4,5)9(3)8(7)2;1-7-5-3-2-4-6-7;;;/h7-12H,1-6H3;1-5H3;1-6H;2*1H;/q;;;;;+2/p-2. The molecular formula is C38H45Cl2N2Ru. The first-order valence-corrected chi connectivity index (χ1v) is 17.3. The molecule has 0 fully saturated rings. The van der Waals surface area contributed by atoms with Crippen LogP contribution in [0.15, 0.2) is 87.9 Å². The molecule has 0 aliphatic heterocycles. The first-order chi connectivity index (χ1) is 19.3. The smallest absolute Gasteiger partial charge is 1.00 e. The summed E-state index contributed by atoms with van der Waals surface area (Å²) in [6, 6.07) is 20.3. The Bertz CT molecular complexity index is 1770. The van der Waals surface area contributed by atoms with Gasteiger partial charge < -0.3 is 24.8 Å². The van der Waals surface area contributed by atoms with Gasteiger partial charge >= 0.3 is 253 Å². The Balaban J connectivity index is 0.00000253. The average molecular weight is 702 g/mol. The third kappa shape index (κ3) is 6.19. The maximum Gasteiger partial charge on any atom is -1.00 e. The fraction of sp³-hybridized carbons (Fsp3) is 0.316. The first-order valence-electron chi connectivity index (χ1n) is 14.6. The molecular weight excluding hydrogens is 656 g/mol. The van der Waals surface area contributed by atoms with Crippen LogP contribution in [0.25, 0.3) is 11.4 Å². The van der Waals surface area contributed by atoms with Crippen molar-refractivity contribution in [3.8, 4) is 11.4 Å². The number of benzene rings is 3. The van der Waals surface area contributed by atoms with Gasteiger partial charge in [0.15, 0.2) is 0 Å². The van der Waals surface area contributed by atoms with Crippen LogP contribution in [0.5, 0.6) is 0 Å². The molecule has 0 saturated carbocycles. The van der Waals surface area contributed by atoms with E-state index < -0.39 is 15.0 Å². The molecule has 1 aromatic heterocycles. The van der Waals surface area contributed by atoms with Crippen LogP contribution in [0, 0.1) is 51.0 Å². The van der Waals surface area contributed by atoms with Gasteiger partial charge in [-0.25, -0.2) is 0 Å². The Labute approximate surface area is 276 Å². The van der Waals surface area contributed by atoms with Crippen LogP contribution in [0.2, 0.25) is 0 Å². The minimum absolute atomic E-state index is 0. The van der Waals surface area contributed by atoms with Crippen molar-refractivity contribution in [2.45, 2.75) is 76.2 Å². The van der Waals surface area contributed by atoms with E-state index in [0.29, 0.717) is 0 Å². The quantitative estimate of drug-likeness (QED) is 0.287. The minimum Gasteiger partial charge on any atom is -1.00 e. The second-order valence-electron chi connectivity index (χ2n) is 12.4. The van der Waals surface area contributed by atoms with Gasteiger partial charge in [0.05, 0.1) is 0 Å². The van der Waals surface area contributed by atoms with Crippen LogP contribution in [0.1, 0.15) is 73.6 Å². The van der Waals surface area contributed by atoms with E-state index in [1.54, 1.807) is 4.17 Å². The first kappa shape index (κ1) is 34.9. The number of aromatic nitrogens is 2. The fourth-order valence-corrected chi connectivity index (χ4v) is 12.6. The van der Waals surface area contributed by atoms with Crippen LogP contribution in [-0.2, 0) is 15.0 Å². The maximum atomic E-state index is 2.64. The largest absolute Gasteiger partial charge is 1.00 e. The van der Waals surface area contributed by atoms with Gasteiger partial charge in [-0.1, -0.05) is 0 Å². The Kier molecular flexibility index (Phi) is 10.7. The summed E-state index contributed by atoms with van der Waals surface area (Å²) in [6.07, 6.45) is 4.65. The molecule has 0 radical (unpaired) electrons. The third-order valence-electron chi connectivity index (χ3n) is 8.80. The molecule has 1 aliphatic rings. The number of allylic oxidation sites excluding steroid dienone is 4. The van der Waals surface area contributed by atoms with Crippen LogP contribution in [-0.4, -0.2) is 13.7 Å². The molecule has 3 aromatic carbocycles. The molecule has 0 atom stereocenters. The summed E-state index contributed by atoms with van der Waals surface area (Å²) in [5.74, 6) is 0. The topological polar surface area (TPSA) is 9.86 Å². The van der Waals surface area contributed by atoms with Crippen molar-refractivity contribution in [1.82, 2.24) is 9.13 Å². The predicted molar refractivity (Wildman–Crippen MR) is 173 cm³/mol. The molecule has 0 N–H and O–H groups in total. The molecule has 2 nitrogen and oxygen atoms in total. The molecule has 1 aliphatic carbocycles. The SMILES string of the molecule is CC1=C(C)C(C)(C)[C]([Ru+2](=[CH]c2ccccc2)=[c]2n(-c3c(C)cc(C)cc3C)ccn2-c2c(C)cc(C)cc2C)=C1C.[Cl-].[Cl-]. The number of aryl methyl sites for hydroxylation is 6. The van der Waals surface area contributed by atoms with E-state index in [4.69, 9.17) is 0 Å². The second kappa shape index (κ2) is 13.2. The molecule has 4 aromatic rings. The van der Waals surface area contributed by atoms with Crippen molar-refractivity contribution in [1.29, 1.82) is 0 Å². The van der Waals surface area contributed by atoms with E-state index in [9.17, 15) is 0 Å². The zero-order valence-corrected chi connectivity index (χ0v) is 30.7. The summed E-state index contributed by atoms with van der Waals surface area (Å²) in [4.78, 5) is 0. The molecule has 0 spiro atoms. The zero-order chi connectivity index (χ0) is 29.8. The van der Waals surface area contributed by atoms with Crippen LogP contribution in [0.3, 0.4) is 0 Å². The number of hydrogen-bond donors (Lipinski definition) is 0. The van der Waals surface area contributed by atoms with E-state index in [1.807, 2.05) is 0 Å². The summed E-state index contributed by atoms with van der Waals surface area (Å²) in [7, 11) is 0. The van der Waals surface area contributed by atoms with Crippen molar-refractivity contribution in [3.63, 3.8) is 0 Å². The van der Waals surface area contributed by atoms with Gasteiger partial charge in [-0.05, 0) is 0 Å². The molecule has 1 heterocycles. The van der Waals surface area contributed by atoms with Gasteiger partial charge in [0.1, 0.15) is 0 Å².